The molecule has 25 heavy (non-hydrogen) atoms. The first-order chi connectivity index (χ1) is 12.0. The summed E-state index contributed by atoms with van der Waals surface area (Å²) < 4.78 is 8.26. The lowest BCUT2D eigenvalue weighted by Crippen LogP contribution is -2.31. The number of unbranched alkanes of at least 4 members (excludes halogenated alkanes) is 1. The van der Waals surface area contributed by atoms with E-state index in [9.17, 15) is 14.7 Å². The van der Waals surface area contributed by atoms with Crippen LogP contribution in [0.4, 0.5) is 0 Å². The minimum absolute atomic E-state index is 0.0164. The third kappa shape index (κ3) is 2.79. The summed E-state index contributed by atoms with van der Waals surface area (Å²) in [7, 11) is 3.18. The largest absolute Gasteiger partial charge is 0.504 e. The van der Waals surface area contributed by atoms with Crippen LogP contribution in [0.25, 0.3) is 22.6 Å². The van der Waals surface area contributed by atoms with Gasteiger partial charge in [-0.15, -0.1) is 0 Å². The van der Waals surface area contributed by atoms with Crippen molar-refractivity contribution in [1.82, 2.24) is 19.1 Å². The van der Waals surface area contributed by atoms with Gasteiger partial charge in [0.2, 0.25) is 0 Å². The fraction of sp³-hybridized carbons (Fsp3) is 0.353. The molecular weight excluding hydrogens is 324 g/mol. The summed E-state index contributed by atoms with van der Waals surface area (Å²) in [4.78, 5) is 31.3. The lowest BCUT2D eigenvalue weighted by Gasteiger charge is -2.06. The number of imidazole rings is 1. The van der Waals surface area contributed by atoms with Crippen LogP contribution < -0.4 is 16.0 Å². The van der Waals surface area contributed by atoms with Crippen molar-refractivity contribution in [1.29, 1.82) is 0 Å². The van der Waals surface area contributed by atoms with E-state index >= 15 is 0 Å². The smallest absolute Gasteiger partial charge is 0.330 e. The van der Waals surface area contributed by atoms with Gasteiger partial charge in [0.25, 0.3) is 5.56 Å². The number of phenols is 1. The van der Waals surface area contributed by atoms with Crippen LogP contribution >= 0.6 is 0 Å². The van der Waals surface area contributed by atoms with Gasteiger partial charge in [0.05, 0.1) is 7.11 Å². The van der Waals surface area contributed by atoms with Crippen LogP contribution in [0.15, 0.2) is 27.8 Å². The number of benzene rings is 1. The summed E-state index contributed by atoms with van der Waals surface area (Å²) in [6.07, 6.45) is 1.72. The van der Waals surface area contributed by atoms with Crippen LogP contribution in [0.5, 0.6) is 11.5 Å². The molecule has 8 heteroatoms. The molecule has 2 heterocycles. The number of H-pyrrole nitrogens is 1. The fourth-order valence-corrected chi connectivity index (χ4v) is 2.84. The molecule has 0 radical (unpaired) electrons. The zero-order chi connectivity index (χ0) is 18.1. The molecule has 3 aromatic rings. The van der Waals surface area contributed by atoms with E-state index in [1.54, 1.807) is 23.7 Å². The summed E-state index contributed by atoms with van der Waals surface area (Å²) in [6.45, 7) is 2.51. The van der Waals surface area contributed by atoms with E-state index in [1.165, 1.54) is 17.7 Å². The second-order valence-corrected chi connectivity index (χ2v) is 5.82. The molecule has 0 spiro atoms. The number of hydrogen-bond donors (Lipinski definition) is 2. The van der Waals surface area contributed by atoms with Gasteiger partial charge in [-0.1, -0.05) is 13.3 Å². The quantitative estimate of drug-likeness (QED) is 0.732. The number of nitrogens with one attached hydrogen (secondary N) is 1. The molecule has 2 aromatic heterocycles. The van der Waals surface area contributed by atoms with Crippen molar-refractivity contribution in [3.8, 4) is 22.9 Å². The van der Waals surface area contributed by atoms with E-state index in [-0.39, 0.29) is 5.75 Å². The number of phenolic OH excluding ortho intramolecular Hbond substituents is 1. The standard InChI is InChI=1S/C17H20N4O4/c1-4-5-8-21-15-13(16(23)19-17(21)24)20(2)14(18-15)10-6-7-11(22)12(9-10)25-3/h6-7,9,22H,4-5,8H2,1-3H3,(H,19,23,24). The highest BCUT2D eigenvalue weighted by Crippen LogP contribution is 2.31. The Labute approximate surface area is 143 Å². The second-order valence-electron chi connectivity index (χ2n) is 5.82. The maximum absolute atomic E-state index is 12.3. The van der Waals surface area contributed by atoms with Crippen LogP contribution in [-0.2, 0) is 13.6 Å². The van der Waals surface area contributed by atoms with Crippen molar-refractivity contribution >= 4 is 11.2 Å². The molecule has 0 unspecified atom stereocenters. The molecular formula is C17H20N4O4. The molecule has 0 saturated carbocycles. The molecule has 3 rings (SSSR count). The Hall–Kier alpha value is -3.03. The van der Waals surface area contributed by atoms with Gasteiger partial charge < -0.3 is 14.4 Å². The van der Waals surface area contributed by atoms with Crippen LogP contribution in [-0.4, -0.2) is 31.3 Å². The van der Waals surface area contributed by atoms with Crippen molar-refractivity contribution in [3.05, 3.63) is 39.0 Å². The fourth-order valence-electron chi connectivity index (χ4n) is 2.84. The number of ether oxygens (including phenoxy) is 1. The summed E-state index contributed by atoms with van der Waals surface area (Å²) in [5.41, 5.74) is 0.422. The van der Waals surface area contributed by atoms with Gasteiger partial charge in [-0.25, -0.2) is 9.78 Å². The molecule has 132 valence electrons. The first-order valence-corrected chi connectivity index (χ1v) is 8.04. The molecule has 0 bridgehead atoms. The van der Waals surface area contributed by atoms with E-state index in [0.29, 0.717) is 34.8 Å². The summed E-state index contributed by atoms with van der Waals surface area (Å²) in [5.74, 6) is 0.833. The Balaban J connectivity index is 2.28. The second kappa shape index (κ2) is 6.46. The maximum Gasteiger partial charge on any atom is 0.330 e. The Kier molecular flexibility index (Phi) is 4.35. The number of aromatic hydroxyl groups is 1. The molecule has 0 aliphatic rings. The normalized spacial score (nSPS) is 11.2. The Morgan fingerprint density at radius 2 is 2.08 bits per heavy atom. The molecule has 1 aromatic carbocycles. The minimum atomic E-state index is -0.472. The molecule has 0 saturated heterocycles. The Bertz CT molecular complexity index is 1050. The van der Waals surface area contributed by atoms with Gasteiger partial charge in [-0.05, 0) is 24.6 Å². The molecule has 0 atom stereocenters. The van der Waals surface area contributed by atoms with E-state index in [0.717, 1.165) is 12.8 Å². The van der Waals surface area contributed by atoms with Crippen LogP contribution in [0, 0.1) is 0 Å². The molecule has 0 amide bonds. The number of nitrogens with zero attached hydrogens (tertiary/aromatic N) is 3. The van der Waals surface area contributed by atoms with Gasteiger partial charge in [0, 0.05) is 19.2 Å². The van der Waals surface area contributed by atoms with Crippen molar-refractivity contribution < 1.29 is 9.84 Å². The van der Waals surface area contributed by atoms with Crippen LogP contribution in [0.3, 0.4) is 0 Å². The minimum Gasteiger partial charge on any atom is -0.504 e. The average Bonchev–Trinajstić information content (AvgIpc) is 2.93. The lowest BCUT2D eigenvalue weighted by molar-refractivity contribution is 0.373. The van der Waals surface area contributed by atoms with Crippen LogP contribution in [0.1, 0.15) is 19.8 Å². The van der Waals surface area contributed by atoms with Crippen molar-refractivity contribution in [3.63, 3.8) is 0 Å². The van der Waals surface area contributed by atoms with Gasteiger partial charge in [0.15, 0.2) is 22.7 Å². The number of methoxy groups -OCH3 is 1. The third-order valence-electron chi connectivity index (χ3n) is 4.19. The Morgan fingerprint density at radius 3 is 2.76 bits per heavy atom. The third-order valence-corrected chi connectivity index (χ3v) is 4.19. The summed E-state index contributed by atoms with van der Waals surface area (Å²) in [6, 6.07) is 4.82. The lowest BCUT2D eigenvalue weighted by atomic mass is 10.2. The highest BCUT2D eigenvalue weighted by atomic mass is 16.5. The van der Waals surface area contributed by atoms with Gasteiger partial charge in [0.1, 0.15) is 5.82 Å². The molecule has 0 fully saturated rings. The highest BCUT2D eigenvalue weighted by Gasteiger charge is 2.18. The van der Waals surface area contributed by atoms with E-state index in [1.807, 2.05) is 6.92 Å². The number of rotatable bonds is 5. The summed E-state index contributed by atoms with van der Waals surface area (Å²) >= 11 is 0. The maximum atomic E-state index is 12.3. The summed E-state index contributed by atoms with van der Waals surface area (Å²) in [5, 5.41) is 9.76. The topological polar surface area (TPSA) is 102 Å². The average molecular weight is 344 g/mol. The Morgan fingerprint density at radius 1 is 1.32 bits per heavy atom. The van der Waals surface area contributed by atoms with Gasteiger partial charge in [-0.3, -0.25) is 14.3 Å². The molecule has 0 aliphatic heterocycles. The predicted molar refractivity (Wildman–Crippen MR) is 94.2 cm³/mol. The molecule has 2 N–H and O–H groups in total. The zero-order valence-electron chi connectivity index (χ0n) is 14.4. The SMILES string of the molecule is CCCCn1c(=O)[nH]c(=O)c2c1nc(-c1ccc(O)c(OC)c1)n2C. The van der Waals surface area contributed by atoms with Crippen molar-refractivity contribution in [2.24, 2.45) is 7.05 Å². The number of aryl methyl sites for hydroxylation is 2. The van der Waals surface area contributed by atoms with E-state index in [4.69, 9.17) is 4.74 Å². The van der Waals surface area contributed by atoms with Gasteiger partial charge in [-0.2, -0.15) is 0 Å². The van der Waals surface area contributed by atoms with Crippen molar-refractivity contribution in [2.75, 3.05) is 7.11 Å². The van der Waals surface area contributed by atoms with E-state index < -0.39 is 11.2 Å². The van der Waals surface area contributed by atoms with E-state index in [2.05, 4.69) is 9.97 Å². The highest BCUT2D eigenvalue weighted by molar-refractivity contribution is 5.77. The number of fused-ring (bicyclic) bond motifs is 1. The number of aromatic amines is 1. The first-order valence-electron chi connectivity index (χ1n) is 8.04. The predicted octanol–water partition coefficient (Wildman–Crippen LogP) is 1.60. The zero-order valence-corrected chi connectivity index (χ0v) is 14.4. The monoisotopic (exact) mass is 344 g/mol. The first kappa shape index (κ1) is 16.8. The van der Waals surface area contributed by atoms with Crippen LogP contribution in [0.2, 0.25) is 0 Å². The van der Waals surface area contributed by atoms with Gasteiger partial charge >= 0.3 is 5.69 Å². The number of hydrogen-bond acceptors (Lipinski definition) is 5. The number of aromatic nitrogens is 4. The molecule has 0 aliphatic carbocycles. The van der Waals surface area contributed by atoms with Crippen molar-refractivity contribution in [2.45, 2.75) is 26.3 Å². The molecule has 8 nitrogen and oxygen atoms in total.